The van der Waals surface area contributed by atoms with Gasteiger partial charge in [0.2, 0.25) is 0 Å². The van der Waals surface area contributed by atoms with E-state index in [0.717, 1.165) is 23.9 Å². The fraction of sp³-hybridized carbons (Fsp3) is 0.385. The maximum absolute atomic E-state index is 5.12. The van der Waals surface area contributed by atoms with Crippen LogP contribution in [0.25, 0.3) is 0 Å². The van der Waals surface area contributed by atoms with E-state index in [1.807, 2.05) is 42.8 Å². The van der Waals surface area contributed by atoms with Crippen molar-refractivity contribution in [2.75, 3.05) is 7.11 Å². The molecule has 0 amide bonds. The summed E-state index contributed by atoms with van der Waals surface area (Å²) in [6.07, 6.45) is 0. The minimum Gasteiger partial charge on any atom is -0.497 e. The molecule has 0 spiro atoms. The lowest BCUT2D eigenvalue weighted by Gasteiger charge is -2.06. The number of ether oxygens (including phenoxy) is 1. The Morgan fingerprint density at radius 3 is 2.44 bits per heavy atom. The molecular weight excluding hydrogens is 228 g/mol. The Bertz CT molecular complexity index is 504. The fourth-order valence-electron chi connectivity index (χ4n) is 1.67. The molecule has 1 aromatic carbocycles. The number of hydrogen-bond acceptors (Lipinski definition) is 4. The first-order valence-corrected chi connectivity index (χ1v) is 5.89. The largest absolute Gasteiger partial charge is 0.497 e. The summed E-state index contributed by atoms with van der Waals surface area (Å²) >= 11 is 0. The van der Waals surface area contributed by atoms with Gasteiger partial charge in [-0.15, -0.1) is 10.2 Å². The lowest BCUT2D eigenvalue weighted by molar-refractivity contribution is 0.414. The van der Waals surface area contributed by atoms with Crippen LogP contribution in [0.3, 0.4) is 0 Å². The minimum absolute atomic E-state index is 0.712. The van der Waals surface area contributed by atoms with E-state index in [1.54, 1.807) is 7.11 Å². The molecule has 5 heteroatoms. The summed E-state index contributed by atoms with van der Waals surface area (Å²) in [7, 11) is 3.64. The molecule has 2 rings (SSSR count). The molecule has 0 aliphatic carbocycles. The van der Waals surface area contributed by atoms with Crippen LogP contribution in [-0.4, -0.2) is 21.9 Å². The van der Waals surface area contributed by atoms with Gasteiger partial charge in [-0.1, -0.05) is 12.1 Å². The van der Waals surface area contributed by atoms with Gasteiger partial charge in [0, 0.05) is 13.6 Å². The lowest BCUT2D eigenvalue weighted by Crippen LogP contribution is -2.16. The zero-order valence-electron chi connectivity index (χ0n) is 11.0. The second kappa shape index (κ2) is 5.64. The number of hydrogen-bond donors (Lipinski definition) is 1. The van der Waals surface area contributed by atoms with Crippen LogP contribution >= 0.6 is 0 Å². The van der Waals surface area contributed by atoms with E-state index in [2.05, 4.69) is 15.5 Å². The number of nitrogens with zero attached hydrogens (tertiary/aromatic N) is 3. The Morgan fingerprint density at radius 1 is 1.17 bits per heavy atom. The normalized spacial score (nSPS) is 10.6. The molecule has 96 valence electrons. The van der Waals surface area contributed by atoms with Crippen LogP contribution in [-0.2, 0) is 20.1 Å². The summed E-state index contributed by atoms with van der Waals surface area (Å²) < 4.78 is 7.11. The molecule has 0 atom stereocenters. The van der Waals surface area contributed by atoms with E-state index in [-0.39, 0.29) is 0 Å². The van der Waals surface area contributed by atoms with Gasteiger partial charge < -0.3 is 14.6 Å². The Morgan fingerprint density at radius 2 is 1.89 bits per heavy atom. The molecule has 1 N–H and O–H groups in total. The third kappa shape index (κ3) is 2.87. The van der Waals surface area contributed by atoms with Crippen LogP contribution in [0.15, 0.2) is 24.3 Å². The Balaban J connectivity index is 1.86. The monoisotopic (exact) mass is 246 g/mol. The van der Waals surface area contributed by atoms with Gasteiger partial charge in [-0.05, 0) is 24.6 Å². The molecule has 0 bridgehead atoms. The first-order chi connectivity index (χ1) is 8.70. The number of methoxy groups -OCH3 is 1. The highest BCUT2D eigenvalue weighted by atomic mass is 16.5. The summed E-state index contributed by atoms with van der Waals surface area (Å²) in [6.45, 7) is 3.46. The van der Waals surface area contributed by atoms with Crippen molar-refractivity contribution in [1.29, 1.82) is 0 Å². The lowest BCUT2D eigenvalue weighted by atomic mass is 10.2. The molecule has 5 nitrogen and oxygen atoms in total. The molecule has 0 fully saturated rings. The zero-order valence-corrected chi connectivity index (χ0v) is 11.0. The third-order valence-corrected chi connectivity index (χ3v) is 2.95. The minimum atomic E-state index is 0.712. The van der Waals surface area contributed by atoms with Crippen molar-refractivity contribution >= 4 is 0 Å². The molecule has 1 heterocycles. The topological polar surface area (TPSA) is 52.0 Å². The predicted molar refractivity (Wildman–Crippen MR) is 69.3 cm³/mol. The number of aryl methyl sites for hydroxylation is 1. The summed E-state index contributed by atoms with van der Waals surface area (Å²) in [4.78, 5) is 0. The molecule has 0 aliphatic heterocycles. The average Bonchev–Trinajstić information content (AvgIpc) is 2.71. The van der Waals surface area contributed by atoms with E-state index >= 15 is 0 Å². The average molecular weight is 246 g/mol. The van der Waals surface area contributed by atoms with Gasteiger partial charge in [-0.25, -0.2) is 0 Å². The van der Waals surface area contributed by atoms with Crippen molar-refractivity contribution in [2.24, 2.45) is 7.05 Å². The van der Waals surface area contributed by atoms with Gasteiger partial charge in [-0.3, -0.25) is 0 Å². The highest BCUT2D eigenvalue weighted by molar-refractivity contribution is 5.26. The number of nitrogens with one attached hydrogen (secondary N) is 1. The second-order valence-corrected chi connectivity index (χ2v) is 4.17. The van der Waals surface area contributed by atoms with Crippen molar-refractivity contribution in [3.8, 4) is 5.75 Å². The SMILES string of the molecule is COc1ccc(CNCc2nnc(C)n2C)cc1. The van der Waals surface area contributed by atoms with Crippen LogP contribution in [0.4, 0.5) is 0 Å². The number of rotatable bonds is 5. The van der Waals surface area contributed by atoms with Crippen LogP contribution in [0.5, 0.6) is 5.75 Å². The molecule has 0 saturated carbocycles. The van der Waals surface area contributed by atoms with Crippen molar-refractivity contribution in [3.63, 3.8) is 0 Å². The Hall–Kier alpha value is -1.88. The highest BCUT2D eigenvalue weighted by Crippen LogP contribution is 2.11. The molecule has 18 heavy (non-hydrogen) atoms. The van der Waals surface area contributed by atoms with Crippen LogP contribution in [0.1, 0.15) is 17.2 Å². The van der Waals surface area contributed by atoms with E-state index in [9.17, 15) is 0 Å². The Labute approximate surface area is 107 Å². The second-order valence-electron chi connectivity index (χ2n) is 4.17. The van der Waals surface area contributed by atoms with E-state index in [1.165, 1.54) is 5.56 Å². The zero-order chi connectivity index (χ0) is 13.0. The summed E-state index contributed by atoms with van der Waals surface area (Å²) in [5, 5.41) is 11.5. The maximum atomic E-state index is 5.12. The van der Waals surface area contributed by atoms with E-state index in [0.29, 0.717) is 6.54 Å². The molecule has 0 radical (unpaired) electrons. The van der Waals surface area contributed by atoms with Crippen LogP contribution in [0.2, 0.25) is 0 Å². The summed E-state index contributed by atoms with van der Waals surface area (Å²) in [5.41, 5.74) is 1.22. The van der Waals surface area contributed by atoms with Gasteiger partial charge in [0.15, 0.2) is 0 Å². The smallest absolute Gasteiger partial charge is 0.146 e. The molecule has 0 saturated heterocycles. The maximum Gasteiger partial charge on any atom is 0.146 e. The van der Waals surface area contributed by atoms with Crippen LogP contribution in [0, 0.1) is 6.92 Å². The van der Waals surface area contributed by atoms with Crippen molar-refractivity contribution in [2.45, 2.75) is 20.0 Å². The molecule has 2 aromatic rings. The standard InChI is InChI=1S/C13H18N4O/c1-10-15-16-13(17(10)2)9-14-8-11-4-6-12(18-3)7-5-11/h4-7,14H,8-9H2,1-3H3. The van der Waals surface area contributed by atoms with Crippen LogP contribution < -0.4 is 10.1 Å². The predicted octanol–water partition coefficient (Wildman–Crippen LogP) is 1.42. The van der Waals surface area contributed by atoms with Gasteiger partial charge >= 0.3 is 0 Å². The summed E-state index contributed by atoms with van der Waals surface area (Å²) in [6, 6.07) is 8.02. The van der Waals surface area contributed by atoms with Gasteiger partial charge in [0.05, 0.1) is 13.7 Å². The summed E-state index contributed by atoms with van der Waals surface area (Å²) in [5.74, 6) is 2.75. The number of benzene rings is 1. The fourth-order valence-corrected chi connectivity index (χ4v) is 1.67. The quantitative estimate of drug-likeness (QED) is 0.867. The van der Waals surface area contributed by atoms with Gasteiger partial charge in [-0.2, -0.15) is 0 Å². The first kappa shape index (κ1) is 12.6. The van der Waals surface area contributed by atoms with E-state index < -0.39 is 0 Å². The van der Waals surface area contributed by atoms with E-state index in [4.69, 9.17) is 4.74 Å². The third-order valence-electron chi connectivity index (χ3n) is 2.95. The first-order valence-electron chi connectivity index (χ1n) is 5.89. The Kier molecular flexibility index (Phi) is 3.94. The number of aromatic nitrogens is 3. The van der Waals surface area contributed by atoms with Crippen molar-refractivity contribution < 1.29 is 4.74 Å². The molecule has 0 unspecified atom stereocenters. The molecule has 1 aromatic heterocycles. The van der Waals surface area contributed by atoms with Crippen molar-refractivity contribution in [3.05, 3.63) is 41.5 Å². The highest BCUT2D eigenvalue weighted by Gasteiger charge is 2.03. The van der Waals surface area contributed by atoms with Gasteiger partial charge in [0.25, 0.3) is 0 Å². The molecule has 0 aliphatic rings. The van der Waals surface area contributed by atoms with Gasteiger partial charge in [0.1, 0.15) is 17.4 Å². The molecular formula is C13H18N4O. The van der Waals surface area contributed by atoms with Crippen molar-refractivity contribution in [1.82, 2.24) is 20.1 Å².